The highest BCUT2D eigenvalue weighted by molar-refractivity contribution is 7.90. The fraction of sp³-hybridized carbons (Fsp3) is 0.767. The maximum absolute atomic E-state index is 13.3. The van der Waals surface area contributed by atoms with Crippen molar-refractivity contribution in [3.8, 4) is 0 Å². The highest BCUT2D eigenvalue weighted by atomic mass is 32.2. The summed E-state index contributed by atoms with van der Waals surface area (Å²) in [6, 6.07) is -3.11. The van der Waals surface area contributed by atoms with Gasteiger partial charge in [-0.2, -0.15) is 0 Å². The third kappa shape index (κ3) is 15.4. The van der Waals surface area contributed by atoms with Gasteiger partial charge in [-0.15, -0.1) is 11.3 Å². The summed E-state index contributed by atoms with van der Waals surface area (Å²) in [6.07, 6.45) is -0.971. The van der Waals surface area contributed by atoms with Crippen LogP contribution in [0.2, 0.25) is 0 Å². The second kappa shape index (κ2) is 18.4. The molecule has 0 unspecified atom stereocenters. The molecule has 0 bridgehead atoms. The number of aliphatic hydroxyl groups excluding tert-OH is 1. The van der Waals surface area contributed by atoms with Gasteiger partial charge in [-0.05, 0) is 44.4 Å². The van der Waals surface area contributed by atoms with Crippen LogP contribution in [0.3, 0.4) is 0 Å². The van der Waals surface area contributed by atoms with Crippen molar-refractivity contribution in [2.24, 2.45) is 23.7 Å². The second-order valence-electron chi connectivity index (χ2n) is 12.9. The molecule has 0 aliphatic carbocycles. The lowest BCUT2D eigenvalue weighted by atomic mass is 9.91. The van der Waals surface area contributed by atoms with Crippen LogP contribution in [0.1, 0.15) is 76.9 Å². The molecule has 0 saturated heterocycles. The minimum Gasteiger partial charge on any atom is -0.443 e. The van der Waals surface area contributed by atoms with E-state index in [0.29, 0.717) is 18.7 Å². The van der Waals surface area contributed by atoms with Crippen molar-refractivity contribution in [3.05, 3.63) is 15.6 Å². The monoisotopic (exact) mass is 675 g/mol. The molecule has 4 amide bonds. The Morgan fingerprint density at radius 1 is 0.889 bits per heavy atom. The van der Waals surface area contributed by atoms with Crippen molar-refractivity contribution in [2.75, 3.05) is 18.6 Å². The molecular weight excluding hydrogens is 622 g/mol. The first kappa shape index (κ1) is 40.2. The van der Waals surface area contributed by atoms with E-state index in [0.717, 1.165) is 16.1 Å². The van der Waals surface area contributed by atoms with Gasteiger partial charge in [0.05, 0.1) is 28.6 Å². The molecule has 0 saturated carbocycles. The summed E-state index contributed by atoms with van der Waals surface area (Å²) in [6.45, 7) is 16.9. The van der Waals surface area contributed by atoms with Crippen molar-refractivity contribution >= 4 is 45.0 Å². The summed E-state index contributed by atoms with van der Waals surface area (Å²) in [5.41, 5.74) is 0.561. The maximum Gasteiger partial charge on any atom is 0.408 e. The van der Waals surface area contributed by atoms with Gasteiger partial charge in [-0.25, -0.2) is 18.2 Å². The highest BCUT2D eigenvalue weighted by Gasteiger charge is 2.33. The van der Waals surface area contributed by atoms with E-state index in [4.69, 9.17) is 4.74 Å². The topological polar surface area (TPSA) is 193 Å². The van der Waals surface area contributed by atoms with Crippen LogP contribution in [0, 0.1) is 37.5 Å². The molecule has 1 aromatic heterocycles. The number of rotatable bonds is 18. The van der Waals surface area contributed by atoms with Crippen LogP contribution in [-0.2, 0) is 35.6 Å². The molecule has 5 atom stereocenters. The number of thiazole rings is 1. The predicted molar refractivity (Wildman–Crippen MR) is 174 cm³/mol. The van der Waals surface area contributed by atoms with Crippen molar-refractivity contribution in [1.82, 2.24) is 26.3 Å². The number of nitrogens with one attached hydrogen (secondary N) is 4. The number of alkyl carbamates (subject to hydrolysis) is 1. The van der Waals surface area contributed by atoms with E-state index in [1.165, 1.54) is 11.3 Å². The average molecular weight is 676 g/mol. The van der Waals surface area contributed by atoms with Crippen LogP contribution in [0.15, 0.2) is 0 Å². The van der Waals surface area contributed by atoms with Gasteiger partial charge in [0.2, 0.25) is 17.7 Å². The summed E-state index contributed by atoms with van der Waals surface area (Å²) in [5, 5.41) is 22.6. The molecule has 0 spiro atoms. The Hall–Kier alpha value is -2.78. The van der Waals surface area contributed by atoms with Crippen molar-refractivity contribution in [2.45, 2.75) is 106 Å². The van der Waals surface area contributed by atoms with E-state index in [1.807, 2.05) is 55.4 Å². The van der Waals surface area contributed by atoms with Crippen molar-refractivity contribution in [1.29, 1.82) is 0 Å². The zero-order valence-electron chi connectivity index (χ0n) is 28.2. The quantitative estimate of drug-likeness (QED) is 0.155. The molecule has 0 aromatic carbocycles. The first-order valence-electron chi connectivity index (χ1n) is 15.3. The normalized spacial score (nSPS) is 15.2. The maximum atomic E-state index is 13.3. The van der Waals surface area contributed by atoms with Gasteiger partial charge < -0.3 is 31.1 Å². The second-order valence-corrected chi connectivity index (χ2v) is 16.5. The molecule has 13 nitrogen and oxygen atoms in total. The number of amides is 4. The number of aromatic nitrogens is 1. The number of hydrogen-bond acceptors (Lipinski definition) is 10. The van der Waals surface area contributed by atoms with Crippen LogP contribution in [0.5, 0.6) is 0 Å². The molecule has 258 valence electrons. The fourth-order valence-electron chi connectivity index (χ4n) is 4.49. The molecule has 15 heteroatoms. The molecule has 1 rings (SSSR count). The van der Waals surface area contributed by atoms with E-state index >= 15 is 0 Å². The van der Waals surface area contributed by atoms with Gasteiger partial charge in [-0.1, -0.05) is 48.5 Å². The van der Waals surface area contributed by atoms with Crippen LogP contribution in [0.25, 0.3) is 0 Å². The number of ether oxygens (including phenoxy) is 1. The summed E-state index contributed by atoms with van der Waals surface area (Å²) in [5.74, 6) is -2.86. The first-order valence-corrected chi connectivity index (χ1v) is 18.2. The van der Waals surface area contributed by atoms with E-state index < -0.39 is 63.6 Å². The summed E-state index contributed by atoms with van der Waals surface area (Å²) >= 11 is 1.44. The zero-order chi connectivity index (χ0) is 34.6. The van der Waals surface area contributed by atoms with Crippen LogP contribution >= 0.6 is 11.3 Å². The van der Waals surface area contributed by atoms with Gasteiger partial charge in [0.15, 0.2) is 0 Å². The van der Waals surface area contributed by atoms with E-state index in [-0.39, 0.29) is 36.7 Å². The van der Waals surface area contributed by atoms with Crippen LogP contribution in [-0.4, -0.2) is 85.1 Å². The lowest BCUT2D eigenvalue weighted by molar-refractivity contribution is -0.132. The Kier molecular flexibility index (Phi) is 16.4. The van der Waals surface area contributed by atoms with Gasteiger partial charge >= 0.3 is 6.09 Å². The van der Waals surface area contributed by atoms with E-state index in [1.54, 1.807) is 6.92 Å². The van der Waals surface area contributed by atoms with Gasteiger partial charge in [0.1, 0.15) is 28.5 Å². The number of aryl methyl sites for hydroxylation is 2. The van der Waals surface area contributed by atoms with Crippen LogP contribution < -0.4 is 21.3 Å². The van der Waals surface area contributed by atoms with Gasteiger partial charge in [0.25, 0.3) is 0 Å². The number of nitrogens with zero attached hydrogens (tertiary/aromatic N) is 1. The standard InChI is InChI=1S/C30H53N5O8S2/c1-16(2)11-22(25(36)12-19(7)27(37)35-26(18(5)6)29(39)31-13-17(3)4)33-28(38)24(15-45(10,41)42)34-30(40)43-14-23-20(8)44-21(9)32-23/h16-19,22,24-26,36H,11-15H2,1-10H3,(H,31,39)(H,33,38)(H,34,40)(H,35,37)/t19-,22-,24+,25+,26-/m1/s1. The summed E-state index contributed by atoms with van der Waals surface area (Å²) < 4.78 is 29.5. The van der Waals surface area contributed by atoms with Gasteiger partial charge in [0, 0.05) is 23.6 Å². The Morgan fingerprint density at radius 2 is 1.51 bits per heavy atom. The van der Waals surface area contributed by atoms with E-state index in [2.05, 4.69) is 26.3 Å². The molecule has 5 N–H and O–H groups in total. The van der Waals surface area contributed by atoms with Crippen molar-refractivity contribution in [3.63, 3.8) is 0 Å². The summed E-state index contributed by atoms with van der Waals surface area (Å²) in [7, 11) is -3.72. The highest BCUT2D eigenvalue weighted by Crippen LogP contribution is 2.18. The molecular formula is C30H53N5O8S2. The molecule has 1 heterocycles. The van der Waals surface area contributed by atoms with E-state index in [9.17, 15) is 32.7 Å². The zero-order valence-corrected chi connectivity index (χ0v) is 29.9. The predicted octanol–water partition coefficient (Wildman–Crippen LogP) is 2.23. The SMILES string of the molecule is Cc1nc(COC(=O)N[C@@H](CS(C)(=O)=O)C(=O)N[C@H](CC(C)C)[C@@H](O)C[C@@H](C)C(=O)N[C@@H](C(=O)NCC(C)C)C(C)C)c(C)s1. The van der Waals surface area contributed by atoms with Gasteiger partial charge in [-0.3, -0.25) is 14.4 Å². The minimum absolute atomic E-state index is 0.0140. The largest absolute Gasteiger partial charge is 0.443 e. The third-order valence-corrected chi connectivity index (χ3v) is 8.78. The summed E-state index contributed by atoms with van der Waals surface area (Å²) in [4.78, 5) is 56.8. The number of aliphatic hydroxyl groups is 1. The number of sulfone groups is 1. The molecule has 0 aliphatic heterocycles. The van der Waals surface area contributed by atoms with Crippen molar-refractivity contribution < 1.29 is 37.4 Å². The smallest absolute Gasteiger partial charge is 0.408 e. The lowest BCUT2D eigenvalue weighted by Gasteiger charge is -2.30. The number of carbonyl (C=O) groups is 4. The number of hydrogen-bond donors (Lipinski definition) is 5. The third-order valence-electron chi connectivity index (χ3n) is 6.91. The molecule has 45 heavy (non-hydrogen) atoms. The molecule has 0 fully saturated rings. The molecule has 0 radical (unpaired) electrons. The molecule has 1 aromatic rings. The molecule has 0 aliphatic rings. The Bertz CT molecular complexity index is 1250. The Labute approximate surface area is 272 Å². The fourth-order valence-corrected chi connectivity index (χ4v) is 6.15. The Morgan fingerprint density at radius 3 is 2.00 bits per heavy atom. The number of carbonyl (C=O) groups excluding carboxylic acids is 4. The lowest BCUT2D eigenvalue weighted by Crippen LogP contribution is -2.55. The Balaban J connectivity index is 2.98. The van der Waals surface area contributed by atoms with Crippen LogP contribution in [0.4, 0.5) is 4.79 Å². The first-order chi connectivity index (χ1) is 20.7. The average Bonchev–Trinajstić information content (AvgIpc) is 3.23. The minimum atomic E-state index is -3.72.